The van der Waals surface area contributed by atoms with Crippen molar-refractivity contribution in [2.24, 2.45) is 0 Å². The summed E-state index contributed by atoms with van der Waals surface area (Å²) in [6.45, 7) is 7.24. The number of oxazole rings is 1. The number of aromatic nitrogens is 1. The van der Waals surface area contributed by atoms with E-state index in [-0.39, 0.29) is 17.5 Å². The predicted octanol–water partition coefficient (Wildman–Crippen LogP) is 3.89. The number of benzene rings is 1. The number of hydrogen-bond acceptors (Lipinski definition) is 4. The smallest absolute Gasteiger partial charge is 0.274 e. The molecule has 0 atom stereocenters. The van der Waals surface area contributed by atoms with Crippen molar-refractivity contribution in [1.82, 2.24) is 15.2 Å². The van der Waals surface area contributed by atoms with Crippen molar-refractivity contribution in [1.29, 1.82) is 0 Å². The molecule has 1 aliphatic heterocycles. The van der Waals surface area contributed by atoms with Gasteiger partial charge in [0.1, 0.15) is 0 Å². The van der Waals surface area contributed by atoms with Crippen molar-refractivity contribution >= 4 is 11.8 Å². The Kier molecular flexibility index (Phi) is 5.63. The van der Waals surface area contributed by atoms with E-state index in [2.05, 4.69) is 10.3 Å². The summed E-state index contributed by atoms with van der Waals surface area (Å²) in [7, 11) is 0. The molecular weight excluding hydrogens is 342 g/mol. The van der Waals surface area contributed by atoms with Crippen LogP contribution in [0.3, 0.4) is 0 Å². The maximum atomic E-state index is 13.1. The molecule has 0 radical (unpaired) electrons. The minimum atomic E-state index is -0.394. The summed E-state index contributed by atoms with van der Waals surface area (Å²) in [4.78, 5) is 31.8. The van der Waals surface area contributed by atoms with Gasteiger partial charge in [0.2, 0.25) is 0 Å². The van der Waals surface area contributed by atoms with Crippen molar-refractivity contribution in [3.63, 3.8) is 0 Å². The molecule has 1 aliphatic rings. The highest BCUT2D eigenvalue weighted by Crippen LogP contribution is 2.28. The third-order valence-corrected chi connectivity index (χ3v) is 4.57. The summed E-state index contributed by atoms with van der Waals surface area (Å²) in [5.41, 5.74) is 0.944. The molecule has 1 saturated heterocycles. The van der Waals surface area contributed by atoms with Gasteiger partial charge in [-0.3, -0.25) is 9.59 Å². The van der Waals surface area contributed by atoms with Crippen LogP contribution in [0.1, 0.15) is 67.3 Å². The largest absolute Gasteiger partial charge is 0.443 e. The van der Waals surface area contributed by atoms with Crippen LogP contribution in [0.4, 0.5) is 0 Å². The number of likely N-dealkylation sites (tertiary alicyclic amines) is 1. The van der Waals surface area contributed by atoms with Gasteiger partial charge < -0.3 is 14.6 Å². The lowest BCUT2D eigenvalue weighted by Gasteiger charge is -2.22. The van der Waals surface area contributed by atoms with Crippen LogP contribution in [0.5, 0.6) is 0 Å². The molecule has 2 aromatic rings. The highest BCUT2D eigenvalue weighted by molar-refractivity contribution is 6.04. The maximum Gasteiger partial charge on any atom is 0.274 e. The second-order valence-corrected chi connectivity index (χ2v) is 7.99. The fourth-order valence-electron chi connectivity index (χ4n) is 3.31. The summed E-state index contributed by atoms with van der Waals surface area (Å²) < 4.78 is 5.55. The third kappa shape index (κ3) is 4.56. The first-order valence-electron chi connectivity index (χ1n) is 9.51. The molecule has 0 bridgehead atoms. The molecule has 0 unspecified atom stereocenters. The number of rotatable bonds is 3. The van der Waals surface area contributed by atoms with Gasteiger partial charge in [0.05, 0.1) is 5.56 Å². The van der Waals surface area contributed by atoms with Crippen LogP contribution >= 0.6 is 0 Å². The number of carbonyl (C=O) groups is 2. The highest BCUT2D eigenvalue weighted by Gasteiger charge is 2.27. The molecule has 1 fully saturated rings. The molecule has 27 heavy (non-hydrogen) atoms. The normalized spacial score (nSPS) is 15.3. The van der Waals surface area contributed by atoms with Gasteiger partial charge in [0, 0.05) is 24.2 Å². The average molecular weight is 369 g/mol. The van der Waals surface area contributed by atoms with E-state index < -0.39 is 5.54 Å². The SMILES string of the molecule is CC(C)(C)NC(=O)c1ncoc1-c1ccccc1C(=O)N1CCCCCC1. The third-order valence-electron chi connectivity index (χ3n) is 4.57. The van der Waals surface area contributed by atoms with Crippen molar-refractivity contribution in [2.45, 2.75) is 52.0 Å². The molecule has 1 N–H and O–H groups in total. The van der Waals surface area contributed by atoms with E-state index in [0.717, 1.165) is 38.8 Å². The van der Waals surface area contributed by atoms with Crippen LogP contribution in [-0.2, 0) is 0 Å². The van der Waals surface area contributed by atoms with Gasteiger partial charge in [0.15, 0.2) is 17.8 Å². The van der Waals surface area contributed by atoms with Crippen LogP contribution in [0.2, 0.25) is 0 Å². The molecule has 2 heterocycles. The zero-order valence-corrected chi connectivity index (χ0v) is 16.2. The Morgan fingerprint density at radius 2 is 1.74 bits per heavy atom. The first kappa shape index (κ1) is 19.1. The van der Waals surface area contributed by atoms with Crippen LogP contribution in [0, 0.1) is 0 Å². The quantitative estimate of drug-likeness (QED) is 0.891. The molecule has 1 aromatic carbocycles. The monoisotopic (exact) mass is 369 g/mol. The van der Waals surface area contributed by atoms with Gasteiger partial charge in [-0.2, -0.15) is 0 Å². The van der Waals surface area contributed by atoms with Crippen LogP contribution in [-0.4, -0.2) is 40.3 Å². The van der Waals surface area contributed by atoms with E-state index in [9.17, 15) is 9.59 Å². The maximum absolute atomic E-state index is 13.1. The van der Waals surface area contributed by atoms with Gasteiger partial charge in [-0.15, -0.1) is 0 Å². The number of hydrogen-bond donors (Lipinski definition) is 1. The van der Waals surface area contributed by atoms with E-state index in [1.807, 2.05) is 37.8 Å². The summed E-state index contributed by atoms with van der Waals surface area (Å²) >= 11 is 0. The Balaban J connectivity index is 1.94. The molecule has 0 saturated carbocycles. The number of nitrogens with one attached hydrogen (secondary N) is 1. The first-order chi connectivity index (χ1) is 12.9. The Hall–Kier alpha value is -2.63. The van der Waals surface area contributed by atoms with Crippen molar-refractivity contribution < 1.29 is 14.0 Å². The average Bonchev–Trinajstić information content (AvgIpc) is 2.95. The van der Waals surface area contributed by atoms with Gasteiger partial charge in [-0.25, -0.2) is 4.98 Å². The fraction of sp³-hybridized carbons (Fsp3) is 0.476. The second-order valence-electron chi connectivity index (χ2n) is 7.99. The minimum absolute atomic E-state index is 0.0221. The Morgan fingerprint density at radius 3 is 2.41 bits per heavy atom. The number of nitrogens with zero attached hydrogens (tertiary/aromatic N) is 2. The Bertz CT molecular complexity index is 812. The van der Waals surface area contributed by atoms with Crippen LogP contribution in [0.25, 0.3) is 11.3 Å². The summed E-state index contributed by atoms with van der Waals surface area (Å²) in [6.07, 6.45) is 5.61. The van der Waals surface area contributed by atoms with Crippen LogP contribution < -0.4 is 5.32 Å². The number of carbonyl (C=O) groups excluding carboxylic acids is 2. The van der Waals surface area contributed by atoms with Crippen LogP contribution in [0.15, 0.2) is 35.1 Å². The van der Waals surface area contributed by atoms with E-state index in [0.29, 0.717) is 16.9 Å². The molecule has 3 rings (SSSR count). The second kappa shape index (κ2) is 7.94. The molecule has 0 spiro atoms. The molecule has 0 aliphatic carbocycles. The predicted molar refractivity (Wildman–Crippen MR) is 104 cm³/mol. The van der Waals surface area contributed by atoms with E-state index in [1.54, 1.807) is 12.1 Å². The van der Waals surface area contributed by atoms with E-state index >= 15 is 0 Å². The summed E-state index contributed by atoms with van der Waals surface area (Å²) in [6, 6.07) is 7.26. The molecular formula is C21H27N3O3. The minimum Gasteiger partial charge on any atom is -0.443 e. The van der Waals surface area contributed by atoms with Crippen molar-refractivity contribution in [3.8, 4) is 11.3 Å². The van der Waals surface area contributed by atoms with Gasteiger partial charge in [-0.1, -0.05) is 31.0 Å². The van der Waals surface area contributed by atoms with E-state index in [1.165, 1.54) is 6.39 Å². The van der Waals surface area contributed by atoms with Gasteiger partial charge >= 0.3 is 0 Å². The molecule has 6 nitrogen and oxygen atoms in total. The summed E-state index contributed by atoms with van der Waals surface area (Å²) in [5, 5.41) is 2.90. The summed E-state index contributed by atoms with van der Waals surface area (Å²) in [5.74, 6) is -0.00937. The Morgan fingerprint density at radius 1 is 1.07 bits per heavy atom. The van der Waals surface area contributed by atoms with Gasteiger partial charge in [-0.05, 0) is 39.7 Å². The molecule has 1 aromatic heterocycles. The highest BCUT2D eigenvalue weighted by atomic mass is 16.3. The standard InChI is InChI=1S/C21H27N3O3/c1-21(2,3)23-19(25)17-18(27-14-22-17)15-10-6-7-11-16(15)20(26)24-12-8-4-5-9-13-24/h6-7,10-11,14H,4-5,8-9,12-13H2,1-3H3,(H,23,25). The van der Waals surface area contributed by atoms with Gasteiger partial charge in [0.25, 0.3) is 11.8 Å². The lowest BCUT2D eigenvalue weighted by atomic mass is 10.0. The van der Waals surface area contributed by atoms with Crippen molar-refractivity contribution in [2.75, 3.05) is 13.1 Å². The topological polar surface area (TPSA) is 75.4 Å². The number of amides is 2. The molecule has 144 valence electrons. The zero-order chi connectivity index (χ0) is 19.4. The Labute approximate surface area is 160 Å². The molecule has 2 amide bonds. The zero-order valence-electron chi connectivity index (χ0n) is 16.2. The van der Waals surface area contributed by atoms with Crippen molar-refractivity contribution in [3.05, 3.63) is 41.9 Å². The lowest BCUT2D eigenvalue weighted by Crippen LogP contribution is -2.41. The lowest BCUT2D eigenvalue weighted by molar-refractivity contribution is 0.0761. The first-order valence-corrected chi connectivity index (χ1v) is 9.51. The van der Waals surface area contributed by atoms with E-state index in [4.69, 9.17) is 4.42 Å². The molecule has 6 heteroatoms. The fourth-order valence-corrected chi connectivity index (χ4v) is 3.31.